The van der Waals surface area contributed by atoms with Gasteiger partial charge < -0.3 is 10.2 Å². The summed E-state index contributed by atoms with van der Waals surface area (Å²) in [5.41, 5.74) is 3.02. The van der Waals surface area contributed by atoms with Crippen molar-refractivity contribution < 1.29 is 14.0 Å². The van der Waals surface area contributed by atoms with Gasteiger partial charge in [-0.3, -0.25) is 14.4 Å². The molecule has 8 nitrogen and oxygen atoms in total. The molecule has 2 aromatic carbocycles. The Morgan fingerprint density at radius 2 is 1.92 bits per heavy atom. The first-order valence-corrected chi connectivity index (χ1v) is 12.9. The zero-order chi connectivity index (χ0) is 28.3. The lowest BCUT2D eigenvalue weighted by Crippen LogP contribution is -2.48. The summed E-state index contributed by atoms with van der Waals surface area (Å²) in [6, 6.07) is 14.6. The van der Waals surface area contributed by atoms with E-state index in [9.17, 15) is 24.0 Å². The average molecular weight is 530 g/mol. The Bertz CT molecular complexity index is 1510. The van der Waals surface area contributed by atoms with Crippen LogP contribution in [0.2, 0.25) is 0 Å². The lowest BCUT2D eigenvalue weighted by Gasteiger charge is -2.36. The fourth-order valence-electron chi connectivity index (χ4n) is 5.26. The van der Waals surface area contributed by atoms with Gasteiger partial charge in [-0.1, -0.05) is 18.2 Å². The number of hydrogen-bond acceptors (Lipinski definition) is 5. The van der Waals surface area contributed by atoms with Gasteiger partial charge >= 0.3 is 0 Å². The van der Waals surface area contributed by atoms with E-state index in [1.54, 1.807) is 62.1 Å². The van der Waals surface area contributed by atoms with Crippen LogP contribution < -0.4 is 10.9 Å². The summed E-state index contributed by atoms with van der Waals surface area (Å²) in [5, 5.41) is 18.8. The molecule has 0 unspecified atom stereocenters. The fourth-order valence-corrected chi connectivity index (χ4v) is 5.26. The van der Waals surface area contributed by atoms with E-state index in [0.717, 1.165) is 11.1 Å². The van der Waals surface area contributed by atoms with Crippen molar-refractivity contribution in [1.29, 1.82) is 5.26 Å². The number of rotatable bonds is 7. The SMILES string of the molecule is Cc1cc(Cc2ccc(C(=O)NCC(=O)N3[C@H](c4cccc(F)c4)CC[C@@H]3C(C)(C)C#N)cc2C)c(=O)[nH]n1. The van der Waals surface area contributed by atoms with Crippen molar-refractivity contribution in [2.75, 3.05) is 6.54 Å². The lowest BCUT2D eigenvalue weighted by molar-refractivity contribution is -0.134. The van der Waals surface area contributed by atoms with E-state index in [2.05, 4.69) is 21.6 Å². The molecule has 2 N–H and O–H groups in total. The molecule has 1 aliphatic rings. The standard InChI is InChI=1S/C30H32FN5O3/c1-18-12-22(9-8-20(18)14-23-13-19(2)34-35-29(23)39)28(38)33-16-27(37)36-25(21-6-5-7-24(31)15-21)10-11-26(36)30(3,4)17-32/h5-9,12-13,15,25-26H,10-11,14,16H2,1-4H3,(H,33,38)(H,35,39)/t25-,26+/m0/s1. The Kier molecular flexibility index (Phi) is 7.95. The second kappa shape index (κ2) is 11.2. The number of carbonyl (C=O) groups is 2. The van der Waals surface area contributed by atoms with E-state index in [0.29, 0.717) is 41.6 Å². The van der Waals surface area contributed by atoms with Gasteiger partial charge in [-0.2, -0.15) is 10.4 Å². The molecule has 2 heterocycles. The minimum absolute atomic E-state index is 0.253. The predicted octanol–water partition coefficient (Wildman–Crippen LogP) is 4.13. The molecule has 9 heteroatoms. The smallest absolute Gasteiger partial charge is 0.267 e. The summed E-state index contributed by atoms with van der Waals surface area (Å²) >= 11 is 0. The van der Waals surface area contributed by atoms with Crippen LogP contribution in [0.25, 0.3) is 0 Å². The van der Waals surface area contributed by atoms with Crippen molar-refractivity contribution in [3.05, 3.63) is 98.2 Å². The summed E-state index contributed by atoms with van der Waals surface area (Å²) in [4.78, 5) is 40.2. The number of hydrogen-bond donors (Lipinski definition) is 2. The van der Waals surface area contributed by atoms with Crippen LogP contribution in [-0.4, -0.2) is 39.5 Å². The monoisotopic (exact) mass is 529 g/mol. The summed E-state index contributed by atoms with van der Waals surface area (Å²) in [6.07, 6.45) is 1.60. The molecule has 1 aliphatic heterocycles. The number of aryl methyl sites for hydroxylation is 2. The third-order valence-corrected chi connectivity index (χ3v) is 7.42. The Balaban J connectivity index is 1.49. The number of likely N-dealkylation sites (tertiary alicyclic amines) is 1. The molecule has 0 spiro atoms. The number of carbonyl (C=O) groups excluding carboxylic acids is 2. The third kappa shape index (κ3) is 6.06. The summed E-state index contributed by atoms with van der Waals surface area (Å²) in [7, 11) is 0. The minimum Gasteiger partial charge on any atom is -0.343 e. The van der Waals surface area contributed by atoms with E-state index in [-0.39, 0.29) is 30.1 Å². The maximum atomic E-state index is 14.0. The highest BCUT2D eigenvalue weighted by molar-refractivity contribution is 5.96. The molecule has 0 bridgehead atoms. The summed E-state index contributed by atoms with van der Waals surface area (Å²) in [5.74, 6) is -1.13. The first-order valence-electron chi connectivity index (χ1n) is 12.9. The lowest BCUT2D eigenvalue weighted by atomic mass is 9.84. The first kappa shape index (κ1) is 27.7. The van der Waals surface area contributed by atoms with Crippen LogP contribution in [0, 0.1) is 36.4 Å². The van der Waals surface area contributed by atoms with Crippen molar-refractivity contribution >= 4 is 11.8 Å². The van der Waals surface area contributed by atoms with Gasteiger partial charge in [0, 0.05) is 17.5 Å². The van der Waals surface area contributed by atoms with Gasteiger partial charge in [0.2, 0.25) is 5.91 Å². The van der Waals surface area contributed by atoms with Gasteiger partial charge in [0.05, 0.1) is 35.8 Å². The molecule has 3 aromatic rings. The first-order chi connectivity index (χ1) is 18.5. The molecule has 1 aromatic heterocycles. The van der Waals surface area contributed by atoms with Gasteiger partial charge in [0.25, 0.3) is 11.5 Å². The van der Waals surface area contributed by atoms with Crippen LogP contribution in [-0.2, 0) is 11.2 Å². The van der Waals surface area contributed by atoms with Crippen LogP contribution in [0.5, 0.6) is 0 Å². The highest BCUT2D eigenvalue weighted by Gasteiger charge is 2.45. The maximum Gasteiger partial charge on any atom is 0.267 e. The van der Waals surface area contributed by atoms with Crippen molar-refractivity contribution in [2.24, 2.45) is 5.41 Å². The van der Waals surface area contributed by atoms with Crippen LogP contribution in [0.1, 0.15) is 71.0 Å². The molecule has 1 saturated heterocycles. The van der Waals surface area contributed by atoms with Crippen LogP contribution in [0.3, 0.4) is 0 Å². The Labute approximate surface area is 226 Å². The zero-order valence-electron chi connectivity index (χ0n) is 22.5. The summed E-state index contributed by atoms with van der Waals surface area (Å²) < 4.78 is 14.0. The third-order valence-electron chi connectivity index (χ3n) is 7.42. The van der Waals surface area contributed by atoms with E-state index < -0.39 is 17.1 Å². The Hall–Kier alpha value is -4.32. The van der Waals surface area contributed by atoms with Gasteiger partial charge in [-0.25, -0.2) is 9.49 Å². The number of aromatic amines is 1. The van der Waals surface area contributed by atoms with E-state index in [4.69, 9.17) is 0 Å². The Morgan fingerprint density at radius 3 is 2.62 bits per heavy atom. The minimum atomic E-state index is -0.816. The van der Waals surface area contributed by atoms with Gasteiger partial charge in [-0.15, -0.1) is 0 Å². The zero-order valence-corrected chi connectivity index (χ0v) is 22.5. The molecule has 0 radical (unpaired) electrons. The fraction of sp³-hybridized carbons (Fsp3) is 0.367. The molecule has 0 saturated carbocycles. The molecule has 4 rings (SSSR count). The van der Waals surface area contributed by atoms with Crippen LogP contribution >= 0.6 is 0 Å². The van der Waals surface area contributed by atoms with Gasteiger partial charge in [-0.05, 0) is 87.6 Å². The number of H-pyrrole nitrogens is 1. The number of halogens is 1. The molecule has 2 atom stereocenters. The molecule has 202 valence electrons. The average Bonchev–Trinajstić information content (AvgIpc) is 3.37. The second-order valence-corrected chi connectivity index (χ2v) is 10.7. The Morgan fingerprint density at radius 1 is 1.15 bits per heavy atom. The number of amides is 2. The highest BCUT2D eigenvalue weighted by Crippen LogP contribution is 2.43. The van der Waals surface area contributed by atoms with Crippen molar-refractivity contribution in [1.82, 2.24) is 20.4 Å². The topological polar surface area (TPSA) is 119 Å². The molecule has 0 aliphatic carbocycles. The molecular weight excluding hydrogens is 497 g/mol. The van der Waals surface area contributed by atoms with E-state index >= 15 is 0 Å². The number of aromatic nitrogens is 2. The molecule has 2 amide bonds. The van der Waals surface area contributed by atoms with Crippen LogP contribution in [0.15, 0.2) is 53.3 Å². The molecule has 39 heavy (non-hydrogen) atoms. The number of nitrogens with one attached hydrogen (secondary N) is 2. The largest absolute Gasteiger partial charge is 0.343 e. The van der Waals surface area contributed by atoms with Crippen molar-refractivity contribution in [3.8, 4) is 6.07 Å². The van der Waals surface area contributed by atoms with E-state index in [1.807, 2.05) is 6.92 Å². The highest BCUT2D eigenvalue weighted by atomic mass is 19.1. The second-order valence-electron chi connectivity index (χ2n) is 10.7. The number of benzene rings is 2. The van der Waals surface area contributed by atoms with Crippen LogP contribution in [0.4, 0.5) is 4.39 Å². The van der Waals surface area contributed by atoms with Crippen molar-refractivity contribution in [3.63, 3.8) is 0 Å². The number of nitrogens with zero attached hydrogens (tertiary/aromatic N) is 3. The summed E-state index contributed by atoms with van der Waals surface area (Å²) in [6.45, 7) is 6.98. The maximum absolute atomic E-state index is 14.0. The molecular formula is C30H32FN5O3. The van der Waals surface area contributed by atoms with E-state index in [1.165, 1.54) is 12.1 Å². The van der Waals surface area contributed by atoms with Gasteiger partial charge in [0.1, 0.15) is 5.82 Å². The molecule has 1 fully saturated rings. The van der Waals surface area contributed by atoms with Crippen molar-refractivity contribution in [2.45, 2.75) is 59.0 Å². The number of nitriles is 1. The normalized spacial score (nSPS) is 17.1. The quantitative estimate of drug-likeness (QED) is 0.477. The van der Waals surface area contributed by atoms with Gasteiger partial charge in [0.15, 0.2) is 0 Å². The predicted molar refractivity (Wildman–Crippen MR) is 144 cm³/mol.